The van der Waals surface area contributed by atoms with Crippen molar-refractivity contribution in [1.82, 2.24) is 15.1 Å². The molecule has 0 aliphatic carbocycles. The largest absolute Gasteiger partial charge is 0.457 e. The summed E-state index contributed by atoms with van der Waals surface area (Å²) in [6.45, 7) is 4.71. The van der Waals surface area contributed by atoms with Crippen molar-refractivity contribution < 1.29 is 27.2 Å². The quantitative estimate of drug-likeness (QED) is 0.253. The van der Waals surface area contributed by atoms with E-state index in [-0.39, 0.29) is 29.9 Å². The van der Waals surface area contributed by atoms with Gasteiger partial charge in [-0.05, 0) is 36.6 Å². The van der Waals surface area contributed by atoms with Crippen LogP contribution in [0.25, 0.3) is 11.1 Å². The second-order valence-electron chi connectivity index (χ2n) is 10.8. The van der Waals surface area contributed by atoms with Crippen LogP contribution in [0.4, 0.5) is 10.5 Å². The van der Waals surface area contributed by atoms with Crippen LogP contribution in [-0.2, 0) is 21.1 Å². The summed E-state index contributed by atoms with van der Waals surface area (Å²) in [4.78, 5) is 29.5. The SMILES string of the molecule is O=C(Nc1ccccc1-c1ccccc1)OC1CCN(CCNCC(=O)c2ccc(CN3CCS(=O)(=O)CC3)o2)CC1. The third kappa shape index (κ3) is 8.51. The number of anilines is 1. The van der Waals surface area contributed by atoms with Crippen LogP contribution in [0.3, 0.4) is 0 Å². The molecule has 0 bridgehead atoms. The molecule has 0 unspecified atom stereocenters. The van der Waals surface area contributed by atoms with Gasteiger partial charge in [-0.15, -0.1) is 0 Å². The number of amides is 1. The zero-order valence-corrected chi connectivity index (χ0v) is 24.5. The van der Waals surface area contributed by atoms with Gasteiger partial charge in [0.1, 0.15) is 11.9 Å². The number of furan rings is 1. The van der Waals surface area contributed by atoms with Gasteiger partial charge in [-0.1, -0.05) is 48.5 Å². The van der Waals surface area contributed by atoms with Gasteiger partial charge in [0.2, 0.25) is 5.78 Å². The Kier molecular flexibility index (Phi) is 10.1. The van der Waals surface area contributed by atoms with E-state index in [2.05, 4.69) is 15.5 Å². The molecule has 2 N–H and O–H groups in total. The molecule has 2 fully saturated rings. The number of ether oxygens (including phenoxy) is 1. The molecule has 0 saturated carbocycles. The van der Waals surface area contributed by atoms with Gasteiger partial charge in [0.25, 0.3) is 0 Å². The van der Waals surface area contributed by atoms with E-state index < -0.39 is 15.9 Å². The minimum absolute atomic E-state index is 0.116. The number of carbonyl (C=O) groups is 2. The number of likely N-dealkylation sites (tertiary alicyclic amines) is 1. The first-order valence-electron chi connectivity index (χ1n) is 14.4. The van der Waals surface area contributed by atoms with Crippen LogP contribution in [0.2, 0.25) is 0 Å². The first-order valence-corrected chi connectivity index (χ1v) is 16.3. The number of benzene rings is 2. The summed E-state index contributed by atoms with van der Waals surface area (Å²) in [5.41, 5.74) is 2.69. The molecule has 42 heavy (non-hydrogen) atoms. The number of hydrogen-bond donors (Lipinski definition) is 2. The van der Waals surface area contributed by atoms with Gasteiger partial charge in [0.05, 0.1) is 30.3 Å². The molecule has 2 aliphatic heterocycles. The molecule has 2 saturated heterocycles. The topological polar surface area (TPSA) is 121 Å². The number of Topliss-reactive ketones (excluding diaryl/α,β-unsaturated/α-hetero) is 1. The Hall–Kier alpha value is -3.51. The lowest BCUT2D eigenvalue weighted by Crippen LogP contribution is -2.42. The molecule has 3 aromatic rings. The molecule has 224 valence electrons. The molecule has 0 spiro atoms. The number of carbonyl (C=O) groups excluding carboxylic acids is 2. The van der Waals surface area contributed by atoms with Gasteiger partial charge in [-0.2, -0.15) is 0 Å². The van der Waals surface area contributed by atoms with Crippen LogP contribution in [-0.4, -0.2) is 93.5 Å². The second kappa shape index (κ2) is 14.1. The molecule has 2 aliphatic rings. The minimum Gasteiger partial charge on any atom is -0.457 e. The van der Waals surface area contributed by atoms with Crippen LogP contribution >= 0.6 is 0 Å². The average Bonchev–Trinajstić information content (AvgIpc) is 3.46. The highest BCUT2D eigenvalue weighted by Crippen LogP contribution is 2.28. The molecule has 1 aromatic heterocycles. The van der Waals surface area contributed by atoms with E-state index in [1.54, 1.807) is 12.1 Å². The van der Waals surface area contributed by atoms with Gasteiger partial charge in [0.15, 0.2) is 15.6 Å². The van der Waals surface area contributed by atoms with Crippen molar-refractivity contribution in [3.63, 3.8) is 0 Å². The van der Waals surface area contributed by atoms with Crippen LogP contribution in [0, 0.1) is 0 Å². The second-order valence-corrected chi connectivity index (χ2v) is 13.1. The van der Waals surface area contributed by atoms with Gasteiger partial charge in [-0.25, -0.2) is 13.2 Å². The molecular formula is C31H38N4O6S. The molecule has 3 heterocycles. The smallest absolute Gasteiger partial charge is 0.411 e. The Morgan fingerprint density at radius 1 is 0.881 bits per heavy atom. The number of nitrogens with one attached hydrogen (secondary N) is 2. The Labute approximate surface area is 246 Å². The van der Waals surface area contributed by atoms with E-state index in [0.29, 0.717) is 37.7 Å². The molecule has 0 radical (unpaired) electrons. The Morgan fingerprint density at radius 3 is 2.36 bits per heavy atom. The first-order chi connectivity index (χ1) is 20.3. The monoisotopic (exact) mass is 594 g/mol. The summed E-state index contributed by atoms with van der Waals surface area (Å²) in [5, 5.41) is 6.11. The summed E-state index contributed by atoms with van der Waals surface area (Å²) >= 11 is 0. The lowest BCUT2D eigenvalue weighted by atomic mass is 10.0. The van der Waals surface area contributed by atoms with Crippen molar-refractivity contribution in [2.45, 2.75) is 25.5 Å². The highest BCUT2D eigenvalue weighted by atomic mass is 32.2. The molecule has 5 rings (SSSR count). The standard InChI is InChI=1S/C31H38N4O6S/c36-29(30-11-10-26(40-30)23-35-18-20-42(38,39)21-19-35)22-32-14-17-34-15-12-25(13-16-34)41-31(37)33-28-9-5-4-8-27(28)24-6-2-1-3-7-24/h1-11,25,32H,12-23H2,(H,33,37). The molecule has 11 heteroatoms. The van der Waals surface area contributed by atoms with Crippen LogP contribution in [0.1, 0.15) is 29.2 Å². The van der Waals surface area contributed by atoms with E-state index >= 15 is 0 Å². The zero-order valence-electron chi connectivity index (χ0n) is 23.7. The number of hydrogen-bond acceptors (Lipinski definition) is 9. The van der Waals surface area contributed by atoms with Crippen molar-refractivity contribution in [3.8, 4) is 11.1 Å². The maximum atomic E-state index is 12.6. The van der Waals surface area contributed by atoms with E-state index in [1.807, 2.05) is 59.5 Å². The minimum atomic E-state index is -2.93. The Morgan fingerprint density at radius 2 is 1.60 bits per heavy atom. The van der Waals surface area contributed by atoms with E-state index in [0.717, 1.165) is 49.3 Å². The summed E-state index contributed by atoms with van der Waals surface area (Å²) in [6.07, 6.45) is 0.930. The summed E-state index contributed by atoms with van der Waals surface area (Å²) < 4.78 is 34.6. The van der Waals surface area contributed by atoms with Crippen molar-refractivity contribution in [3.05, 3.63) is 78.3 Å². The van der Waals surface area contributed by atoms with Crippen LogP contribution in [0.5, 0.6) is 0 Å². The predicted octanol–water partition coefficient (Wildman–Crippen LogP) is 3.66. The fourth-order valence-corrected chi connectivity index (χ4v) is 6.55. The van der Waals surface area contributed by atoms with Gasteiger partial charge >= 0.3 is 6.09 Å². The highest BCUT2D eigenvalue weighted by Gasteiger charge is 2.24. The van der Waals surface area contributed by atoms with Crippen molar-refractivity contribution >= 4 is 27.4 Å². The van der Waals surface area contributed by atoms with E-state index in [9.17, 15) is 18.0 Å². The molecule has 10 nitrogen and oxygen atoms in total. The van der Waals surface area contributed by atoms with Crippen molar-refractivity contribution in [1.29, 1.82) is 0 Å². The van der Waals surface area contributed by atoms with Gasteiger partial charge in [0, 0.05) is 44.8 Å². The first kappa shape index (κ1) is 30.0. The Bertz CT molecular complexity index is 1440. The van der Waals surface area contributed by atoms with Crippen molar-refractivity contribution in [2.24, 2.45) is 0 Å². The number of para-hydroxylation sites is 1. The van der Waals surface area contributed by atoms with Crippen LogP contribution in [0.15, 0.2) is 71.1 Å². The van der Waals surface area contributed by atoms with E-state index in [1.165, 1.54) is 0 Å². The molecule has 2 aromatic carbocycles. The van der Waals surface area contributed by atoms with Gasteiger partial charge < -0.3 is 19.4 Å². The predicted molar refractivity (Wildman–Crippen MR) is 161 cm³/mol. The third-order valence-corrected chi connectivity index (χ3v) is 9.31. The molecular weight excluding hydrogens is 556 g/mol. The molecule has 1 amide bonds. The zero-order chi connectivity index (χ0) is 29.4. The highest BCUT2D eigenvalue weighted by molar-refractivity contribution is 7.91. The maximum absolute atomic E-state index is 12.6. The Balaban J connectivity index is 0.972. The fourth-order valence-electron chi connectivity index (χ4n) is 5.27. The van der Waals surface area contributed by atoms with Gasteiger partial charge in [-0.3, -0.25) is 15.0 Å². The van der Waals surface area contributed by atoms with Crippen molar-refractivity contribution in [2.75, 3.05) is 62.6 Å². The number of ketones is 1. The lowest BCUT2D eigenvalue weighted by Gasteiger charge is -2.31. The number of piperidine rings is 1. The number of rotatable bonds is 11. The normalized spacial score (nSPS) is 18.0. The lowest BCUT2D eigenvalue weighted by molar-refractivity contribution is 0.0593. The molecule has 0 atom stereocenters. The summed E-state index contributed by atoms with van der Waals surface area (Å²) in [7, 11) is -2.93. The summed E-state index contributed by atoms with van der Waals surface area (Å²) in [5.74, 6) is 1.18. The summed E-state index contributed by atoms with van der Waals surface area (Å²) in [6, 6.07) is 21.1. The maximum Gasteiger partial charge on any atom is 0.411 e. The number of sulfone groups is 1. The third-order valence-electron chi connectivity index (χ3n) is 7.70. The van der Waals surface area contributed by atoms with Crippen LogP contribution < -0.4 is 10.6 Å². The number of nitrogens with zero attached hydrogens (tertiary/aromatic N) is 2. The average molecular weight is 595 g/mol. The van der Waals surface area contributed by atoms with E-state index in [4.69, 9.17) is 9.15 Å². The fraction of sp³-hybridized carbons (Fsp3) is 0.419.